The van der Waals surface area contributed by atoms with E-state index < -0.39 is 29.3 Å². The number of pyridine rings is 2. The third-order valence-electron chi connectivity index (χ3n) is 5.17. The van der Waals surface area contributed by atoms with E-state index in [0.717, 1.165) is 12.3 Å². The standard InChI is InChI=1S/C23H15ClF4N8O/c24-17-7-15(20-12(2-1-3-29)9-31-11-19(20)30)18(25)8-14(17)22(37)35-13-6-16(23(26,27)28)21(32-10-13)36-33-4-5-34-36/h4-11H,1-2,30H2,(H,35,37). The van der Waals surface area contributed by atoms with Crippen LogP contribution >= 0.6 is 11.6 Å². The second-order valence-corrected chi connectivity index (χ2v) is 8.01. The van der Waals surface area contributed by atoms with Crippen LogP contribution in [0.3, 0.4) is 0 Å². The van der Waals surface area contributed by atoms with Crippen LogP contribution < -0.4 is 11.1 Å². The number of hydrogen-bond donors (Lipinski definition) is 2. The highest BCUT2D eigenvalue weighted by Gasteiger charge is 2.36. The number of rotatable bonds is 6. The van der Waals surface area contributed by atoms with Crippen molar-refractivity contribution in [1.29, 1.82) is 5.26 Å². The Bertz CT molecular complexity index is 1520. The number of carbonyl (C=O) groups is 1. The fourth-order valence-corrected chi connectivity index (χ4v) is 3.81. The first-order valence-corrected chi connectivity index (χ1v) is 10.8. The van der Waals surface area contributed by atoms with Gasteiger partial charge < -0.3 is 11.1 Å². The Balaban J connectivity index is 1.67. The SMILES string of the molecule is N#CCCc1cncc(N)c1-c1cc(Cl)c(C(=O)Nc2cnc(-n3nccn3)c(C(F)(F)F)c2)cc1F. The number of nitrogens with zero attached hydrogens (tertiary/aromatic N) is 6. The molecule has 3 heterocycles. The molecule has 14 heteroatoms. The Hall–Kier alpha value is -4.57. The summed E-state index contributed by atoms with van der Waals surface area (Å²) in [7, 11) is 0. The van der Waals surface area contributed by atoms with E-state index in [4.69, 9.17) is 22.6 Å². The summed E-state index contributed by atoms with van der Waals surface area (Å²) in [5, 5.41) is 18.3. The maximum Gasteiger partial charge on any atom is 0.420 e. The van der Waals surface area contributed by atoms with Gasteiger partial charge in [0, 0.05) is 23.7 Å². The van der Waals surface area contributed by atoms with Crippen molar-refractivity contribution in [1.82, 2.24) is 25.0 Å². The number of hydrogen-bond acceptors (Lipinski definition) is 7. The summed E-state index contributed by atoms with van der Waals surface area (Å²) in [6.45, 7) is 0. The molecule has 1 aromatic carbocycles. The Morgan fingerprint density at radius 1 is 1.16 bits per heavy atom. The number of nitrogens with one attached hydrogen (secondary N) is 1. The van der Waals surface area contributed by atoms with E-state index in [9.17, 15) is 18.0 Å². The second kappa shape index (κ2) is 10.2. The number of halogens is 5. The smallest absolute Gasteiger partial charge is 0.397 e. The van der Waals surface area contributed by atoms with E-state index in [-0.39, 0.29) is 45.9 Å². The summed E-state index contributed by atoms with van der Waals surface area (Å²) in [4.78, 5) is 21.2. The number of aromatic nitrogens is 5. The van der Waals surface area contributed by atoms with Gasteiger partial charge in [0.25, 0.3) is 5.91 Å². The molecule has 0 fully saturated rings. The highest BCUT2D eigenvalue weighted by Crippen LogP contribution is 2.36. The molecule has 0 atom stereocenters. The van der Waals surface area contributed by atoms with Crippen molar-refractivity contribution in [2.45, 2.75) is 19.0 Å². The quantitative estimate of drug-likeness (QED) is 0.341. The van der Waals surface area contributed by atoms with Gasteiger partial charge in [0.1, 0.15) is 11.4 Å². The molecule has 0 aliphatic carbocycles. The number of anilines is 2. The monoisotopic (exact) mass is 530 g/mol. The third kappa shape index (κ3) is 5.34. The molecular formula is C23H15ClF4N8O. The van der Waals surface area contributed by atoms with Gasteiger partial charge in [-0.25, -0.2) is 9.37 Å². The molecule has 0 spiro atoms. The number of nitrogen functional groups attached to an aromatic ring is 1. The molecule has 0 saturated heterocycles. The highest BCUT2D eigenvalue weighted by molar-refractivity contribution is 6.34. The van der Waals surface area contributed by atoms with Crippen molar-refractivity contribution in [3.8, 4) is 23.0 Å². The zero-order chi connectivity index (χ0) is 26.7. The van der Waals surface area contributed by atoms with Crippen LogP contribution in [0.4, 0.5) is 28.9 Å². The molecule has 0 aliphatic heterocycles. The normalized spacial score (nSPS) is 11.2. The number of aryl methyl sites for hydroxylation is 1. The first kappa shape index (κ1) is 25.5. The number of nitriles is 1. The zero-order valence-corrected chi connectivity index (χ0v) is 19.3. The van der Waals surface area contributed by atoms with E-state index in [1.165, 1.54) is 30.9 Å². The predicted octanol–water partition coefficient (Wildman–Crippen LogP) is 4.83. The van der Waals surface area contributed by atoms with E-state index in [1.807, 2.05) is 6.07 Å². The first-order valence-electron chi connectivity index (χ1n) is 10.4. The van der Waals surface area contributed by atoms with Crippen molar-refractivity contribution < 1.29 is 22.4 Å². The molecule has 37 heavy (non-hydrogen) atoms. The second-order valence-electron chi connectivity index (χ2n) is 7.60. The summed E-state index contributed by atoms with van der Waals surface area (Å²) >= 11 is 6.27. The van der Waals surface area contributed by atoms with Crippen LogP contribution in [0.5, 0.6) is 0 Å². The topological polar surface area (TPSA) is 135 Å². The molecule has 3 N–H and O–H groups in total. The van der Waals surface area contributed by atoms with Gasteiger partial charge in [0.15, 0.2) is 5.82 Å². The van der Waals surface area contributed by atoms with Gasteiger partial charge in [-0.1, -0.05) is 11.6 Å². The lowest BCUT2D eigenvalue weighted by molar-refractivity contribution is -0.137. The Kier molecular flexibility index (Phi) is 7.03. The molecule has 0 bridgehead atoms. The van der Waals surface area contributed by atoms with Gasteiger partial charge in [0.2, 0.25) is 0 Å². The fourth-order valence-electron chi connectivity index (χ4n) is 3.56. The maximum atomic E-state index is 15.2. The molecule has 0 unspecified atom stereocenters. The van der Waals surface area contributed by atoms with E-state index >= 15 is 4.39 Å². The van der Waals surface area contributed by atoms with Crippen molar-refractivity contribution in [3.05, 3.63) is 76.7 Å². The number of carbonyl (C=O) groups excluding carboxylic acids is 1. The molecule has 1 amide bonds. The molecule has 4 rings (SSSR count). The average Bonchev–Trinajstić information content (AvgIpc) is 3.38. The molecule has 3 aromatic heterocycles. The minimum atomic E-state index is -4.84. The van der Waals surface area contributed by atoms with Crippen LogP contribution in [0.1, 0.15) is 27.9 Å². The van der Waals surface area contributed by atoms with Crippen molar-refractivity contribution in [2.24, 2.45) is 0 Å². The van der Waals surface area contributed by atoms with Gasteiger partial charge >= 0.3 is 6.18 Å². The highest BCUT2D eigenvalue weighted by atomic mass is 35.5. The number of amides is 1. The Morgan fingerprint density at radius 3 is 2.57 bits per heavy atom. The van der Waals surface area contributed by atoms with Gasteiger partial charge in [0.05, 0.1) is 52.8 Å². The van der Waals surface area contributed by atoms with Crippen LogP contribution in [0.25, 0.3) is 16.9 Å². The average molecular weight is 531 g/mol. The molecule has 4 aromatic rings. The molecule has 0 aliphatic rings. The number of alkyl halides is 3. The molecule has 188 valence electrons. The van der Waals surface area contributed by atoms with Gasteiger partial charge in [-0.05, 0) is 30.2 Å². The minimum absolute atomic E-state index is 0.0218. The van der Waals surface area contributed by atoms with Gasteiger partial charge in [-0.2, -0.15) is 28.6 Å². The molecule has 0 saturated carbocycles. The van der Waals surface area contributed by atoms with Crippen LogP contribution in [0.2, 0.25) is 5.02 Å². The molecule has 9 nitrogen and oxygen atoms in total. The van der Waals surface area contributed by atoms with Crippen LogP contribution in [0, 0.1) is 17.1 Å². The molecular weight excluding hydrogens is 516 g/mol. The van der Waals surface area contributed by atoms with E-state index in [0.29, 0.717) is 16.4 Å². The lowest BCUT2D eigenvalue weighted by Crippen LogP contribution is -2.17. The number of benzene rings is 1. The summed E-state index contributed by atoms with van der Waals surface area (Å²) < 4.78 is 56.0. The van der Waals surface area contributed by atoms with Crippen LogP contribution in [-0.4, -0.2) is 30.9 Å². The number of nitrogens with two attached hydrogens (primary N) is 1. The fraction of sp³-hybridized carbons (Fsp3) is 0.130. The van der Waals surface area contributed by atoms with Gasteiger partial charge in [-0.15, -0.1) is 4.80 Å². The van der Waals surface area contributed by atoms with E-state index in [1.54, 1.807) is 0 Å². The predicted molar refractivity (Wildman–Crippen MR) is 125 cm³/mol. The minimum Gasteiger partial charge on any atom is -0.397 e. The summed E-state index contributed by atoms with van der Waals surface area (Å²) in [5.41, 5.74) is 5.05. The summed E-state index contributed by atoms with van der Waals surface area (Å²) in [6.07, 6.45) is 1.66. The zero-order valence-electron chi connectivity index (χ0n) is 18.6. The van der Waals surface area contributed by atoms with Crippen molar-refractivity contribution in [2.75, 3.05) is 11.1 Å². The Labute approximate surface area is 211 Å². The lowest BCUT2D eigenvalue weighted by Gasteiger charge is -2.15. The summed E-state index contributed by atoms with van der Waals surface area (Å²) in [6, 6.07) is 4.67. The summed E-state index contributed by atoms with van der Waals surface area (Å²) in [5.74, 6) is -2.42. The van der Waals surface area contributed by atoms with Gasteiger partial charge in [-0.3, -0.25) is 9.78 Å². The lowest BCUT2D eigenvalue weighted by atomic mass is 9.95. The Morgan fingerprint density at radius 2 is 1.89 bits per heavy atom. The molecule has 0 radical (unpaired) electrons. The third-order valence-corrected chi connectivity index (χ3v) is 5.48. The van der Waals surface area contributed by atoms with Crippen molar-refractivity contribution in [3.63, 3.8) is 0 Å². The van der Waals surface area contributed by atoms with E-state index in [2.05, 4.69) is 25.5 Å². The van der Waals surface area contributed by atoms with Crippen LogP contribution in [0.15, 0.2) is 49.2 Å². The van der Waals surface area contributed by atoms with Crippen LogP contribution in [-0.2, 0) is 12.6 Å². The first-order chi connectivity index (χ1) is 17.6. The van der Waals surface area contributed by atoms with Crippen molar-refractivity contribution >= 4 is 28.9 Å². The maximum absolute atomic E-state index is 15.2. The largest absolute Gasteiger partial charge is 0.420 e.